The van der Waals surface area contributed by atoms with Crippen LogP contribution < -0.4 is 10.5 Å². The van der Waals surface area contributed by atoms with Crippen LogP contribution in [0.3, 0.4) is 0 Å². The molecule has 0 radical (unpaired) electrons. The van der Waals surface area contributed by atoms with Crippen LogP contribution in [0.4, 0.5) is 10.1 Å². The molecule has 0 unspecified atom stereocenters. The highest BCUT2D eigenvalue weighted by Crippen LogP contribution is 2.25. The highest BCUT2D eigenvalue weighted by molar-refractivity contribution is 5.52. The molecule has 2 aromatic rings. The van der Waals surface area contributed by atoms with Crippen molar-refractivity contribution in [2.24, 2.45) is 0 Å². The lowest BCUT2D eigenvalue weighted by molar-refractivity contribution is 0.292. The maximum absolute atomic E-state index is 13.3. The second-order valence-corrected chi connectivity index (χ2v) is 3.31. The van der Waals surface area contributed by atoms with Crippen molar-refractivity contribution < 1.29 is 9.13 Å². The Morgan fingerprint density at radius 2 is 2.12 bits per heavy atom. The molecule has 0 saturated carbocycles. The van der Waals surface area contributed by atoms with E-state index in [1.54, 1.807) is 30.6 Å². The van der Waals surface area contributed by atoms with E-state index in [4.69, 9.17) is 10.5 Å². The van der Waals surface area contributed by atoms with Crippen LogP contribution in [0.15, 0.2) is 42.7 Å². The van der Waals surface area contributed by atoms with Crippen molar-refractivity contribution in [2.75, 3.05) is 5.73 Å². The molecule has 0 aliphatic rings. The predicted molar refractivity (Wildman–Crippen MR) is 59.4 cm³/mol. The zero-order chi connectivity index (χ0) is 11.4. The summed E-state index contributed by atoms with van der Waals surface area (Å²) in [6.45, 7) is 0.249. The van der Waals surface area contributed by atoms with E-state index in [9.17, 15) is 4.39 Å². The molecule has 2 N–H and O–H groups in total. The Morgan fingerprint density at radius 1 is 1.25 bits per heavy atom. The van der Waals surface area contributed by atoms with Crippen molar-refractivity contribution in [1.82, 2.24) is 4.98 Å². The summed E-state index contributed by atoms with van der Waals surface area (Å²) in [5, 5.41) is 0. The average Bonchev–Trinajstić information content (AvgIpc) is 2.30. The number of anilines is 1. The average molecular weight is 218 g/mol. The molecule has 1 aromatic carbocycles. The van der Waals surface area contributed by atoms with Gasteiger partial charge in [0.05, 0.1) is 5.69 Å². The topological polar surface area (TPSA) is 48.1 Å². The summed E-state index contributed by atoms with van der Waals surface area (Å²) in [6.07, 6.45) is 3.33. The number of para-hydroxylation sites is 1. The highest BCUT2D eigenvalue weighted by Gasteiger charge is 2.06. The van der Waals surface area contributed by atoms with Crippen molar-refractivity contribution in [3.8, 4) is 5.75 Å². The maximum atomic E-state index is 13.3. The van der Waals surface area contributed by atoms with E-state index in [0.29, 0.717) is 5.69 Å². The molecule has 16 heavy (non-hydrogen) atoms. The lowest BCUT2D eigenvalue weighted by atomic mass is 10.3. The van der Waals surface area contributed by atoms with Crippen molar-refractivity contribution >= 4 is 5.69 Å². The molecule has 0 aliphatic carbocycles. The number of rotatable bonds is 3. The molecule has 0 amide bonds. The maximum Gasteiger partial charge on any atom is 0.178 e. The molecule has 0 atom stereocenters. The lowest BCUT2D eigenvalue weighted by Crippen LogP contribution is -2.01. The molecule has 0 saturated heterocycles. The first-order valence-electron chi connectivity index (χ1n) is 4.83. The van der Waals surface area contributed by atoms with Crippen molar-refractivity contribution in [2.45, 2.75) is 6.61 Å². The fourth-order valence-electron chi connectivity index (χ4n) is 1.32. The second-order valence-electron chi connectivity index (χ2n) is 3.31. The molecule has 0 fully saturated rings. The largest absolute Gasteiger partial charge is 0.484 e. The fraction of sp³-hybridized carbons (Fsp3) is 0.0833. The molecular formula is C12H11FN2O. The minimum absolute atomic E-state index is 0.0892. The van der Waals surface area contributed by atoms with Crippen LogP contribution in [-0.2, 0) is 6.61 Å². The third kappa shape index (κ3) is 2.28. The van der Waals surface area contributed by atoms with Gasteiger partial charge in [0.2, 0.25) is 0 Å². The van der Waals surface area contributed by atoms with Gasteiger partial charge in [0.25, 0.3) is 0 Å². The van der Waals surface area contributed by atoms with Gasteiger partial charge >= 0.3 is 0 Å². The van der Waals surface area contributed by atoms with E-state index in [-0.39, 0.29) is 12.4 Å². The Labute approximate surface area is 92.7 Å². The molecule has 0 aliphatic heterocycles. The Bertz CT molecular complexity index is 453. The summed E-state index contributed by atoms with van der Waals surface area (Å²) in [5.41, 5.74) is 6.77. The molecular weight excluding hydrogens is 207 g/mol. The summed E-state index contributed by atoms with van der Waals surface area (Å²) in [4.78, 5) is 3.94. The van der Waals surface area contributed by atoms with Crippen molar-refractivity contribution in [3.05, 3.63) is 54.1 Å². The van der Waals surface area contributed by atoms with E-state index in [0.717, 1.165) is 5.56 Å². The number of hydrogen-bond acceptors (Lipinski definition) is 3. The summed E-state index contributed by atoms with van der Waals surface area (Å²) in [5.74, 6) is -0.366. The molecule has 1 aromatic heterocycles. The zero-order valence-electron chi connectivity index (χ0n) is 8.56. The second kappa shape index (κ2) is 4.61. The van der Waals surface area contributed by atoms with Gasteiger partial charge < -0.3 is 10.5 Å². The van der Waals surface area contributed by atoms with Crippen LogP contribution in [0.1, 0.15) is 5.56 Å². The van der Waals surface area contributed by atoms with Gasteiger partial charge in [-0.2, -0.15) is 0 Å². The van der Waals surface area contributed by atoms with E-state index in [2.05, 4.69) is 4.98 Å². The van der Waals surface area contributed by atoms with Crippen LogP contribution in [0.2, 0.25) is 0 Å². The Hall–Kier alpha value is -2.10. The van der Waals surface area contributed by atoms with Crippen molar-refractivity contribution in [3.63, 3.8) is 0 Å². The van der Waals surface area contributed by atoms with Gasteiger partial charge in [-0.1, -0.05) is 12.1 Å². The van der Waals surface area contributed by atoms with Crippen LogP contribution in [0, 0.1) is 5.82 Å². The Balaban J connectivity index is 2.11. The normalized spacial score (nSPS) is 10.1. The highest BCUT2D eigenvalue weighted by atomic mass is 19.1. The number of pyridine rings is 1. The lowest BCUT2D eigenvalue weighted by Gasteiger charge is -2.09. The molecule has 0 bridgehead atoms. The van der Waals surface area contributed by atoms with Crippen molar-refractivity contribution in [1.29, 1.82) is 0 Å². The van der Waals surface area contributed by atoms with E-state index >= 15 is 0 Å². The molecule has 4 heteroatoms. The standard InChI is InChI=1S/C12H11FN2O/c13-10-4-1-5-11(14)12(10)16-8-9-3-2-6-15-7-9/h1-7H,8,14H2. The summed E-state index contributed by atoms with van der Waals surface area (Å²) in [6, 6.07) is 8.10. The predicted octanol–water partition coefficient (Wildman–Crippen LogP) is 2.38. The third-order valence-electron chi connectivity index (χ3n) is 2.10. The van der Waals surface area contributed by atoms with Gasteiger partial charge in [-0.25, -0.2) is 4.39 Å². The van der Waals surface area contributed by atoms with E-state index in [1.807, 2.05) is 6.07 Å². The number of ether oxygens (including phenoxy) is 1. The van der Waals surface area contributed by atoms with Crippen LogP contribution in [-0.4, -0.2) is 4.98 Å². The van der Waals surface area contributed by atoms with E-state index < -0.39 is 5.82 Å². The number of halogens is 1. The van der Waals surface area contributed by atoms with Gasteiger partial charge in [0.15, 0.2) is 11.6 Å². The Morgan fingerprint density at radius 3 is 2.81 bits per heavy atom. The van der Waals surface area contributed by atoms with Crippen LogP contribution >= 0.6 is 0 Å². The Kier molecular flexibility index (Phi) is 3.00. The fourth-order valence-corrected chi connectivity index (χ4v) is 1.32. The van der Waals surface area contributed by atoms with Gasteiger partial charge in [-0.15, -0.1) is 0 Å². The van der Waals surface area contributed by atoms with Crippen LogP contribution in [0.5, 0.6) is 5.75 Å². The van der Waals surface area contributed by atoms with Gasteiger partial charge in [0, 0.05) is 18.0 Å². The molecule has 2 rings (SSSR count). The first kappa shape index (κ1) is 10.4. The van der Waals surface area contributed by atoms with Gasteiger partial charge in [-0.05, 0) is 18.2 Å². The summed E-state index contributed by atoms with van der Waals surface area (Å²) < 4.78 is 18.6. The SMILES string of the molecule is Nc1cccc(F)c1OCc1cccnc1. The number of aromatic nitrogens is 1. The zero-order valence-corrected chi connectivity index (χ0v) is 8.56. The summed E-state index contributed by atoms with van der Waals surface area (Å²) in [7, 11) is 0. The molecule has 0 spiro atoms. The molecule has 3 nitrogen and oxygen atoms in total. The van der Waals surface area contributed by atoms with Gasteiger partial charge in [-0.3, -0.25) is 4.98 Å². The van der Waals surface area contributed by atoms with Gasteiger partial charge in [0.1, 0.15) is 6.61 Å². The minimum atomic E-state index is -0.455. The van der Waals surface area contributed by atoms with Crippen LogP contribution in [0.25, 0.3) is 0 Å². The minimum Gasteiger partial charge on any atom is -0.484 e. The molecule has 1 heterocycles. The number of benzene rings is 1. The number of nitrogens with two attached hydrogens (primary N) is 1. The number of nitrogen functional groups attached to an aromatic ring is 1. The first-order valence-corrected chi connectivity index (χ1v) is 4.83. The summed E-state index contributed by atoms with van der Waals surface area (Å²) >= 11 is 0. The van der Waals surface area contributed by atoms with E-state index in [1.165, 1.54) is 6.07 Å². The number of nitrogens with zero attached hydrogens (tertiary/aromatic N) is 1. The molecule has 82 valence electrons. The number of hydrogen-bond donors (Lipinski definition) is 1. The smallest absolute Gasteiger partial charge is 0.178 e. The first-order chi connectivity index (χ1) is 7.77. The third-order valence-corrected chi connectivity index (χ3v) is 2.10. The quantitative estimate of drug-likeness (QED) is 0.804. The monoisotopic (exact) mass is 218 g/mol.